The lowest BCUT2D eigenvalue weighted by atomic mass is 10.2. The summed E-state index contributed by atoms with van der Waals surface area (Å²) in [5.74, 6) is -2.88. The predicted molar refractivity (Wildman–Crippen MR) is 48.7 cm³/mol. The van der Waals surface area contributed by atoms with E-state index < -0.39 is 30.3 Å². The quantitative estimate of drug-likeness (QED) is 0.853. The number of nitrogens with zero attached hydrogens (tertiary/aromatic N) is 1. The number of aromatic hydroxyl groups is 1. The highest BCUT2D eigenvalue weighted by Crippen LogP contribution is 2.33. The third-order valence-corrected chi connectivity index (χ3v) is 1.74. The Bertz CT molecular complexity index is 445. The van der Waals surface area contributed by atoms with E-state index in [0.29, 0.717) is 0 Å². The van der Waals surface area contributed by atoms with E-state index in [1.165, 1.54) is 6.92 Å². The van der Waals surface area contributed by atoms with E-state index in [1.807, 2.05) is 0 Å². The van der Waals surface area contributed by atoms with Crippen LogP contribution in [-0.2, 0) is 11.2 Å². The van der Waals surface area contributed by atoms with Gasteiger partial charge in [-0.1, -0.05) is 0 Å². The largest absolute Gasteiger partial charge is 0.573 e. The number of rotatable bonds is 3. The molecule has 0 unspecified atom stereocenters. The molecule has 2 N–H and O–H groups in total. The van der Waals surface area contributed by atoms with Gasteiger partial charge in [-0.2, -0.15) is 0 Å². The van der Waals surface area contributed by atoms with E-state index in [2.05, 4.69) is 9.72 Å². The van der Waals surface area contributed by atoms with Crippen LogP contribution in [0.25, 0.3) is 0 Å². The number of hydrogen-bond donors (Lipinski definition) is 2. The number of aromatic nitrogens is 1. The molecule has 0 amide bonds. The highest BCUT2D eigenvalue weighted by atomic mass is 19.4. The molecule has 0 aromatic carbocycles. The van der Waals surface area contributed by atoms with Crippen molar-refractivity contribution in [2.45, 2.75) is 19.7 Å². The third-order valence-electron chi connectivity index (χ3n) is 1.74. The van der Waals surface area contributed by atoms with Crippen molar-refractivity contribution in [2.24, 2.45) is 0 Å². The molecular weight excluding hydrogens is 243 g/mol. The lowest BCUT2D eigenvalue weighted by Gasteiger charge is -2.12. The number of alkyl halides is 3. The zero-order valence-corrected chi connectivity index (χ0v) is 8.58. The van der Waals surface area contributed by atoms with E-state index in [9.17, 15) is 23.1 Å². The van der Waals surface area contributed by atoms with Crippen LogP contribution in [0.1, 0.15) is 11.4 Å². The summed E-state index contributed by atoms with van der Waals surface area (Å²) in [6, 6.07) is 0.740. The minimum absolute atomic E-state index is 0.132. The average molecular weight is 251 g/mol. The molecule has 1 aromatic heterocycles. The third kappa shape index (κ3) is 3.82. The van der Waals surface area contributed by atoms with Gasteiger partial charge in [0, 0.05) is 6.07 Å². The van der Waals surface area contributed by atoms with Crippen LogP contribution in [0.5, 0.6) is 11.5 Å². The molecule has 0 spiro atoms. The molecule has 0 aliphatic carbocycles. The molecule has 1 aromatic rings. The number of hydrogen-bond acceptors (Lipinski definition) is 4. The molecule has 1 heterocycles. The van der Waals surface area contributed by atoms with Crippen LogP contribution in [0.4, 0.5) is 13.2 Å². The van der Waals surface area contributed by atoms with E-state index >= 15 is 0 Å². The van der Waals surface area contributed by atoms with Crippen molar-refractivity contribution < 1.29 is 32.9 Å². The molecule has 0 radical (unpaired) electrons. The Hall–Kier alpha value is -1.99. The number of carboxylic acid groups (broad SMARTS) is 1. The van der Waals surface area contributed by atoms with Gasteiger partial charge in [0.15, 0.2) is 11.5 Å². The molecular formula is C9H8F3NO4. The van der Waals surface area contributed by atoms with Gasteiger partial charge in [0.2, 0.25) is 0 Å². The first-order chi connectivity index (χ1) is 7.69. The number of carboxylic acids is 1. The van der Waals surface area contributed by atoms with Gasteiger partial charge < -0.3 is 14.9 Å². The van der Waals surface area contributed by atoms with Gasteiger partial charge in [0.1, 0.15) is 0 Å². The van der Waals surface area contributed by atoms with Crippen molar-refractivity contribution in [2.75, 3.05) is 0 Å². The molecule has 5 nitrogen and oxygen atoms in total. The first kappa shape index (κ1) is 13.1. The van der Waals surface area contributed by atoms with E-state index in [-0.39, 0.29) is 11.4 Å². The summed E-state index contributed by atoms with van der Waals surface area (Å²) in [5, 5.41) is 17.8. The van der Waals surface area contributed by atoms with Gasteiger partial charge in [-0.25, -0.2) is 0 Å². The SMILES string of the molecule is Cc1nc(CC(=O)O)cc(OC(F)(F)F)c1O. The topological polar surface area (TPSA) is 79.7 Å². The zero-order chi connectivity index (χ0) is 13.2. The smallest absolute Gasteiger partial charge is 0.503 e. The van der Waals surface area contributed by atoms with Crippen molar-refractivity contribution in [3.05, 3.63) is 17.5 Å². The summed E-state index contributed by atoms with van der Waals surface area (Å²) < 4.78 is 39.5. The Balaban J connectivity index is 3.11. The molecule has 0 saturated heterocycles. The van der Waals surface area contributed by atoms with Gasteiger partial charge >= 0.3 is 12.3 Å². The van der Waals surface area contributed by atoms with Crippen molar-refractivity contribution in [1.29, 1.82) is 0 Å². The first-order valence-corrected chi connectivity index (χ1v) is 4.36. The number of ether oxygens (including phenoxy) is 1. The Labute approximate surface area is 93.5 Å². The Morgan fingerprint density at radius 3 is 2.59 bits per heavy atom. The highest BCUT2D eigenvalue weighted by molar-refractivity contribution is 5.70. The van der Waals surface area contributed by atoms with Crippen LogP contribution in [-0.4, -0.2) is 27.5 Å². The van der Waals surface area contributed by atoms with Gasteiger partial charge in [-0.05, 0) is 6.92 Å². The molecule has 0 aliphatic rings. The van der Waals surface area contributed by atoms with Crippen LogP contribution in [0, 0.1) is 6.92 Å². The molecule has 0 aliphatic heterocycles. The van der Waals surface area contributed by atoms with Crippen molar-refractivity contribution in [3.63, 3.8) is 0 Å². The van der Waals surface area contributed by atoms with Gasteiger partial charge in [-0.3, -0.25) is 9.78 Å². The fourth-order valence-electron chi connectivity index (χ4n) is 1.15. The maximum Gasteiger partial charge on any atom is 0.573 e. The first-order valence-electron chi connectivity index (χ1n) is 4.36. The maximum atomic E-state index is 12.0. The second kappa shape index (κ2) is 4.48. The van der Waals surface area contributed by atoms with Gasteiger partial charge in [0.05, 0.1) is 17.8 Å². The number of aliphatic carboxylic acids is 1. The fourth-order valence-corrected chi connectivity index (χ4v) is 1.15. The standard InChI is InChI=1S/C9H8F3NO4/c1-4-8(16)6(17-9(10,11)12)2-5(13-4)3-7(14)15/h2,16H,3H2,1H3,(H,14,15). The van der Waals surface area contributed by atoms with Crippen molar-refractivity contribution >= 4 is 5.97 Å². The second-order valence-electron chi connectivity index (χ2n) is 3.16. The summed E-state index contributed by atoms with van der Waals surface area (Å²) in [5.41, 5.74) is -0.268. The van der Waals surface area contributed by atoms with Crippen LogP contribution in [0.2, 0.25) is 0 Å². The molecule has 0 saturated carbocycles. The molecule has 0 bridgehead atoms. The average Bonchev–Trinajstić information content (AvgIpc) is 2.09. The highest BCUT2D eigenvalue weighted by Gasteiger charge is 2.33. The summed E-state index contributed by atoms with van der Waals surface area (Å²) in [6.45, 7) is 1.24. The number of halogens is 3. The molecule has 17 heavy (non-hydrogen) atoms. The lowest BCUT2D eigenvalue weighted by molar-refractivity contribution is -0.275. The lowest BCUT2D eigenvalue weighted by Crippen LogP contribution is -2.18. The van der Waals surface area contributed by atoms with Gasteiger partial charge in [0.25, 0.3) is 0 Å². The summed E-state index contributed by atoms with van der Waals surface area (Å²) in [6.07, 6.45) is -5.53. The number of pyridine rings is 1. The Morgan fingerprint density at radius 2 is 2.12 bits per heavy atom. The maximum absolute atomic E-state index is 12.0. The van der Waals surface area contributed by atoms with E-state index in [0.717, 1.165) is 6.07 Å². The Kier molecular flexibility index (Phi) is 3.45. The molecule has 94 valence electrons. The summed E-state index contributed by atoms with van der Waals surface area (Å²) >= 11 is 0. The van der Waals surface area contributed by atoms with Crippen LogP contribution >= 0.6 is 0 Å². The summed E-state index contributed by atoms with van der Waals surface area (Å²) in [7, 11) is 0. The van der Waals surface area contributed by atoms with E-state index in [1.54, 1.807) is 0 Å². The summed E-state index contributed by atoms with van der Waals surface area (Å²) in [4.78, 5) is 14.0. The number of aryl methyl sites for hydroxylation is 1. The minimum atomic E-state index is -4.97. The van der Waals surface area contributed by atoms with Crippen molar-refractivity contribution in [1.82, 2.24) is 4.98 Å². The zero-order valence-electron chi connectivity index (χ0n) is 8.58. The Morgan fingerprint density at radius 1 is 1.53 bits per heavy atom. The van der Waals surface area contributed by atoms with Crippen LogP contribution in [0.3, 0.4) is 0 Å². The molecule has 8 heteroatoms. The van der Waals surface area contributed by atoms with Crippen molar-refractivity contribution in [3.8, 4) is 11.5 Å². The molecule has 1 rings (SSSR count). The van der Waals surface area contributed by atoms with Gasteiger partial charge in [-0.15, -0.1) is 13.2 Å². The normalized spacial score (nSPS) is 11.3. The molecule has 0 atom stereocenters. The monoisotopic (exact) mass is 251 g/mol. The van der Waals surface area contributed by atoms with E-state index in [4.69, 9.17) is 5.11 Å². The van der Waals surface area contributed by atoms with Crippen LogP contribution in [0.15, 0.2) is 6.07 Å². The minimum Gasteiger partial charge on any atom is -0.503 e. The predicted octanol–water partition coefficient (Wildman–Crippen LogP) is 1.62. The molecule has 0 fully saturated rings. The second-order valence-corrected chi connectivity index (χ2v) is 3.16. The number of carbonyl (C=O) groups is 1. The fraction of sp³-hybridized carbons (Fsp3) is 0.333. The van der Waals surface area contributed by atoms with Crippen LogP contribution < -0.4 is 4.74 Å².